The minimum absolute atomic E-state index is 0.0909. The molecule has 0 saturated heterocycles. The number of ether oxygens (including phenoxy) is 2. The zero-order chi connectivity index (χ0) is 15.1. The highest BCUT2D eigenvalue weighted by atomic mass is 16.6. The van der Waals surface area contributed by atoms with Gasteiger partial charge in [-0.25, -0.2) is 0 Å². The first-order valence-corrected chi connectivity index (χ1v) is 7.75. The number of carbonyl (C=O) groups is 2. The average molecular weight is 284 g/mol. The Kier molecular flexibility index (Phi) is 7.03. The Balaban J connectivity index is 2.35. The molecule has 1 fully saturated rings. The van der Waals surface area contributed by atoms with Crippen LogP contribution in [0, 0.1) is 11.8 Å². The first kappa shape index (κ1) is 17.0. The average Bonchev–Trinajstić information content (AvgIpc) is 2.26. The van der Waals surface area contributed by atoms with Crippen LogP contribution in [-0.2, 0) is 19.1 Å². The maximum atomic E-state index is 11.7. The summed E-state index contributed by atoms with van der Waals surface area (Å²) in [5.41, 5.74) is 0. The molecular formula is C16H28O4. The summed E-state index contributed by atoms with van der Waals surface area (Å²) in [5.74, 6) is 0.342. The van der Waals surface area contributed by atoms with Crippen LogP contribution < -0.4 is 0 Å². The Hall–Kier alpha value is -1.06. The van der Waals surface area contributed by atoms with Crippen molar-refractivity contribution >= 4 is 11.9 Å². The third kappa shape index (κ3) is 6.92. The molecule has 0 amide bonds. The summed E-state index contributed by atoms with van der Waals surface area (Å²) in [6.45, 7) is 7.99. The Morgan fingerprint density at radius 1 is 0.900 bits per heavy atom. The Morgan fingerprint density at radius 3 is 1.65 bits per heavy atom. The standard InChI is InChI=1S/C16H28O4/c1-11(2)8-15(17)19-13-6-5-7-14(10-13)20-16(18)9-12(3)4/h11-14H,5-10H2,1-4H3. The third-order valence-corrected chi connectivity index (χ3v) is 3.32. The van der Waals surface area contributed by atoms with Crippen LogP contribution in [0.2, 0.25) is 0 Å². The predicted octanol–water partition coefficient (Wildman–Crippen LogP) is 3.48. The Labute approximate surface area is 122 Å². The molecule has 4 heteroatoms. The largest absolute Gasteiger partial charge is 0.462 e. The van der Waals surface area contributed by atoms with E-state index in [1.54, 1.807) is 0 Å². The van der Waals surface area contributed by atoms with Crippen molar-refractivity contribution in [3.63, 3.8) is 0 Å². The van der Waals surface area contributed by atoms with Crippen molar-refractivity contribution in [1.29, 1.82) is 0 Å². The van der Waals surface area contributed by atoms with Crippen LogP contribution in [0.15, 0.2) is 0 Å². The van der Waals surface area contributed by atoms with Gasteiger partial charge in [-0.05, 0) is 31.1 Å². The van der Waals surface area contributed by atoms with Gasteiger partial charge in [0.05, 0.1) is 0 Å². The van der Waals surface area contributed by atoms with E-state index >= 15 is 0 Å². The summed E-state index contributed by atoms with van der Waals surface area (Å²) in [7, 11) is 0. The van der Waals surface area contributed by atoms with Crippen molar-refractivity contribution in [2.45, 2.75) is 78.4 Å². The molecule has 0 N–H and O–H groups in total. The molecule has 0 heterocycles. The summed E-state index contributed by atoms with van der Waals surface area (Å²) in [6, 6.07) is 0. The molecule has 1 aliphatic rings. The number of esters is 2. The molecule has 116 valence electrons. The molecule has 2 atom stereocenters. The molecule has 0 aromatic carbocycles. The van der Waals surface area contributed by atoms with Crippen molar-refractivity contribution in [1.82, 2.24) is 0 Å². The monoisotopic (exact) mass is 284 g/mol. The van der Waals surface area contributed by atoms with Gasteiger partial charge in [0.25, 0.3) is 0 Å². The van der Waals surface area contributed by atoms with Crippen LogP contribution in [-0.4, -0.2) is 24.1 Å². The summed E-state index contributed by atoms with van der Waals surface area (Å²) in [6.07, 6.45) is 4.07. The van der Waals surface area contributed by atoms with Crippen molar-refractivity contribution in [3.05, 3.63) is 0 Å². The lowest BCUT2D eigenvalue weighted by Crippen LogP contribution is -2.31. The van der Waals surface area contributed by atoms with E-state index in [2.05, 4.69) is 0 Å². The van der Waals surface area contributed by atoms with Gasteiger partial charge in [0, 0.05) is 19.3 Å². The topological polar surface area (TPSA) is 52.6 Å². The van der Waals surface area contributed by atoms with Crippen molar-refractivity contribution in [3.8, 4) is 0 Å². The number of carbonyl (C=O) groups excluding carboxylic acids is 2. The molecular weight excluding hydrogens is 256 g/mol. The molecule has 2 unspecified atom stereocenters. The molecule has 20 heavy (non-hydrogen) atoms. The quantitative estimate of drug-likeness (QED) is 0.701. The van der Waals surface area contributed by atoms with Gasteiger partial charge in [0.15, 0.2) is 0 Å². The van der Waals surface area contributed by atoms with Gasteiger partial charge < -0.3 is 9.47 Å². The fourth-order valence-corrected chi connectivity index (χ4v) is 2.45. The van der Waals surface area contributed by atoms with Gasteiger partial charge in [-0.15, -0.1) is 0 Å². The maximum absolute atomic E-state index is 11.7. The van der Waals surface area contributed by atoms with E-state index in [1.807, 2.05) is 27.7 Å². The van der Waals surface area contributed by atoms with Gasteiger partial charge in [-0.3, -0.25) is 9.59 Å². The number of rotatable bonds is 6. The minimum atomic E-state index is -0.140. The SMILES string of the molecule is CC(C)CC(=O)OC1CCCC(OC(=O)CC(C)C)C1. The molecule has 0 aromatic heterocycles. The molecule has 0 aromatic rings. The maximum Gasteiger partial charge on any atom is 0.306 e. The van der Waals surface area contributed by atoms with E-state index in [9.17, 15) is 9.59 Å². The van der Waals surface area contributed by atoms with Crippen LogP contribution >= 0.6 is 0 Å². The highest BCUT2D eigenvalue weighted by molar-refractivity contribution is 5.70. The first-order chi connectivity index (χ1) is 9.36. The zero-order valence-electron chi connectivity index (χ0n) is 13.2. The normalized spacial score (nSPS) is 22.9. The van der Waals surface area contributed by atoms with E-state index in [0.717, 1.165) is 19.3 Å². The smallest absolute Gasteiger partial charge is 0.306 e. The summed E-state index contributed by atoms with van der Waals surface area (Å²) < 4.78 is 10.9. The fraction of sp³-hybridized carbons (Fsp3) is 0.875. The van der Waals surface area contributed by atoms with Crippen LogP contribution in [0.25, 0.3) is 0 Å². The number of hydrogen-bond acceptors (Lipinski definition) is 4. The highest BCUT2D eigenvalue weighted by Crippen LogP contribution is 2.25. The van der Waals surface area contributed by atoms with Crippen molar-refractivity contribution < 1.29 is 19.1 Å². The molecule has 0 bridgehead atoms. The van der Waals surface area contributed by atoms with Crippen LogP contribution in [0.5, 0.6) is 0 Å². The zero-order valence-corrected chi connectivity index (χ0v) is 13.2. The first-order valence-electron chi connectivity index (χ1n) is 7.75. The second-order valence-corrected chi connectivity index (χ2v) is 6.59. The fourth-order valence-electron chi connectivity index (χ4n) is 2.45. The van der Waals surface area contributed by atoms with Crippen LogP contribution in [0.1, 0.15) is 66.2 Å². The van der Waals surface area contributed by atoms with E-state index in [-0.39, 0.29) is 24.1 Å². The van der Waals surface area contributed by atoms with Gasteiger partial charge >= 0.3 is 11.9 Å². The molecule has 1 aliphatic carbocycles. The van der Waals surface area contributed by atoms with Gasteiger partial charge in [0.2, 0.25) is 0 Å². The molecule has 4 nitrogen and oxygen atoms in total. The minimum Gasteiger partial charge on any atom is -0.462 e. The molecule has 0 aliphatic heterocycles. The molecule has 1 rings (SSSR count). The number of hydrogen-bond donors (Lipinski definition) is 0. The van der Waals surface area contributed by atoms with Gasteiger partial charge in [0.1, 0.15) is 12.2 Å². The van der Waals surface area contributed by atoms with Crippen molar-refractivity contribution in [2.24, 2.45) is 11.8 Å². The molecule has 1 saturated carbocycles. The van der Waals surface area contributed by atoms with E-state index in [1.165, 1.54) is 0 Å². The lowest BCUT2D eigenvalue weighted by Gasteiger charge is -2.29. The van der Waals surface area contributed by atoms with Crippen molar-refractivity contribution in [2.75, 3.05) is 0 Å². The van der Waals surface area contributed by atoms with Crippen LogP contribution in [0.4, 0.5) is 0 Å². The lowest BCUT2D eigenvalue weighted by molar-refractivity contribution is -0.159. The lowest BCUT2D eigenvalue weighted by atomic mass is 9.94. The molecule has 0 radical (unpaired) electrons. The second-order valence-electron chi connectivity index (χ2n) is 6.59. The van der Waals surface area contributed by atoms with Gasteiger partial charge in [-0.1, -0.05) is 27.7 Å². The summed E-state index contributed by atoms with van der Waals surface area (Å²) in [5, 5.41) is 0. The Morgan fingerprint density at radius 2 is 1.30 bits per heavy atom. The third-order valence-electron chi connectivity index (χ3n) is 3.32. The summed E-state index contributed by atoms with van der Waals surface area (Å²) in [4.78, 5) is 23.3. The van der Waals surface area contributed by atoms with E-state index in [0.29, 0.717) is 31.1 Å². The molecule has 0 spiro atoms. The highest BCUT2D eigenvalue weighted by Gasteiger charge is 2.27. The Bertz CT molecular complexity index is 292. The second kappa shape index (κ2) is 8.28. The van der Waals surface area contributed by atoms with E-state index in [4.69, 9.17) is 9.47 Å². The van der Waals surface area contributed by atoms with Crippen LogP contribution in [0.3, 0.4) is 0 Å². The summed E-state index contributed by atoms with van der Waals surface area (Å²) >= 11 is 0. The predicted molar refractivity (Wildman–Crippen MR) is 77.1 cm³/mol. The van der Waals surface area contributed by atoms with E-state index < -0.39 is 0 Å². The van der Waals surface area contributed by atoms with Gasteiger partial charge in [-0.2, -0.15) is 0 Å².